The Balaban J connectivity index is 1.36. The number of rotatable bonds is 2. The molecular weight excluding hydrogens is 410 g/mol. The van der Waals surface area contributed by atoms with E-state index in [9.17, 15) is 5.11 Å². The van der Waals surface area contributed by atoms with Crippen molar-refractivity contribution in [1.29, 1.82) is 0 Å². The van der Waals surface area contributed by atoms with E-state index in [2.05, 4.69) is 34.2 Å². The van der Waals surface area contributed by atoms with Gasteiger partial charge in [0.15, 0.2) is 0 Å². The van der Waals surface area contributed by atoms with Crippen LogP contribution in [0.4, 0.5) is 0 Å². The number of phenolic OH excluding ortho intramolecular Hbond substituents is 1. The first-order valence-corrected chi connectivity index (χ1v) is 11.0. The van der Waals surface area contributed by atoms with E-state index in [1.165, 1.54) is 0 Å². The molecule has 0 aliphatic heterocycles. The van der Waals surface area contributed by atoms with Gasteiger partial charge in [-0.3, -0.25) is 0 Å². The first-order valence-electron chi connectivity index (χ1n) is 11.0. The molecule has 0 fully saturated rings. The standard InChI is InChI=1S/C28H19N3O2/c32-22-8-3-5-16-11-12-17-13-14-20(30-27(17)25(16)22)21-15-29-28(31-21)19-7-4-10-24-26(19)18-6-1-2-9-23(18)33-24/h1-10,13-15,32H,11-12H2,(H,29,31). The lowest BCUT2D eigenvalue weighted by Crippen LogP contribution is -2.06. The lowest BCUT2D eigenvalue weighted by atomic mass is 9.88. The third-order valence-corrected chi connectivity index (χ3v) is 6.52. The van der Waals surface area contributed by atoms with E-state index < -0.39 is 0 Å². The van der Waals surface area contributed by atoms with Gasteiger partial charge in [-0.1, -0.05) is 48.5 Å². The van der Waals surface area contributed by atoms with Crippen molar-refractivity contribution in [2.45, 2.75) is 12.8 Å². The minimum Gasteiger partial charge on any atom is -0.507 e. The number of furan rings is 1. The second-order valence-corrected chi connectivity index (χ2v) is 8.44. The first-order chi connectivity index (χ1) is 16.3. The van der Waals surface area contributed by atoms with Crippen LogP contribution in [0.25, 0.3) is 56.0 Å². The average molecular weight is 429 g/mol. The summed E-state index contributed by atoms with van der Waals surface area (Å²) in [6.07, 6.45) is 3.65. The van der Waals surface area contributed by atoms with Crippen LogP contribution in [-0.4, -0.2) is 20.1 Å². The van der Waals surface area contributed by atoms with Crippen LogP contribution in [-0.2, 0) is 12.8 Å². The maximum Gasteiger partial charge on any atom is 0.138 e. The summed E-state index contributed by atoms with van der Waals surface area (Å²) in [7, 11) is 0. The number of benzene rings is 3. The molecule has 0 amide bonds. The Morgan fingerprint density at radius 3 is 2.64 bits per heavy atom. The summed E-state index contributed by atoms with van der Waals surface area (Å²) in [5.74, 6) is 1.05. The minimum atomic E-state index is 0.280. The summed E-state index contributed by atoms with van der Waals surface area (Å²) in [6.45, 7) is 0. The number of para-hydroxylation sites is 1. The van der Waals surface area contributed by atoms with Crippen molar-refractivity contribution in [3.8, 4) is 39.8 Å². The third-order valence-electron chi connectivity index (χ3n) is 6.52. The van der Waals surface area contributed by atoms with Crippen LogP contribution in [0.2, 0.25) is 0 Å². The molecule has 3 aromatic heterocycles. The maximum atomic E-state index is 10.5. The van der Waals surface area contributed by atoms with Gasteiger partial charge in [0.1, 0.15) is 22.7 Å². The van der Waals surface area contributed by atoms with Crippen molar-refractivity contribution in [2.24, 2.45) is 0 Å². The van der Waals surface area contributed by atoms with Crippen molar-refractivity contribution in [1.82, 2.24) is 15.0 Å². The molecule has 158 valence electrons. The number of phenols is 1. The fourth-order valence-corrected chi connectivity index (χ4v) is 4.95. The zero-order chi connectivity index (χ0) is 21.9. The molecule has 6 aromatic rings. The van der Waals surface area contributed by atoms with E-state index in [4.69, 9.17) is 9.40 Å². The topological polar surface area (TPSA) is 74.9 Å². The molecule has 3 aromatic carbocycles. The number of nitrogens with zero attached hydrogens (tertiary/aromatic N) is 2. The number of imidazole rings is 1. The van der Waals surface area contributed by atoms with Crippen molar-refractivity contribution >= 4 is 21.9 Å². The van der Waals surface area contributed by atoms with Crippen molar-refractivity contribution in [2.75, 3.05) is 0 Å². The molecule has 0 bridgehead atoms. The van der Waals surface area contributed by atoms with Crippen LogP contribution in [0.3, 0.4) is 0 Å². The molecular formula is C28H19N3O2. The van der Waals surface area contributed by atoms with Crippen LogP contribution in [0.1, 0.15) is 11.1 Å². The van der Waals surface area contributed by atoms with E-state index in [0.717, 1.165) is 79.9 Å². The highest BCUT2D eigenvalue weighted by Gasteiger charge is 2.22. The Bertz CT molecular complexity index is 1690. The van der Waals surface area contributed by atoms with E-state index >= 15 is 0 Å². The van der Waals surface area contributed by atoms with Gasteiger partial charge in [0.25, 0.3) is 0 Å². The highest BCUT2D eigenvalue weighted by atomic mass is 16.3. The summed E-state index contributed by atoms with van der Waals surface area (Å²) in [4.78, 5) is 13.1. The summed E-state index contributed by atoms with van der Waals surface area (Å²) >= 11 is 0. The van der Waals surface area contributed by atoms with Crippen LogP contribution >= 0.6 is 0 Å². The van der Waals surface area contributed by atoms with Crippen molar-refractivity contribution in [3.63, 3.8) is 0 Å². The van der Waals surface area contributed by atoms with Gasteiger partial charge in [-0.15, -0.1) is 0 Å². The summed E-state index contributed by atoms with van der Waals surface area (Å²) < 4.78 is 6.04. The number of aromatic amines is 1. The number of aromatic nitrogens is 3. The lowest BCUT2D eigenvalue weighted by molar-refractivity contribution is 0.476. The fraction of sp³-hybridized carbons (Fsp3) is 0.0714. The van der Waals surface area contributed by atoms with Gasteiger partial charge in [0, 0.05) is 21.9 Å². The second-order valence-electron chi connectivity index (χ2n) is 8.44. The average Bonchev–Trinajstić information content (AvgIpc) is 3.49. The third kappa shape index (κ3) is 2.72. The maximum absolute atomic E-state index is 10.5. The van der Waals surface area contributed by atoms with Crippen LogP contribution in [0, 0.1) is 0 Å². The zero-order valence-corrected chi connectivity index (χ0v) is 17.7. The number of pyridine rings is 1. The van der Waals surface area contributed by atoms with E-state index in [1.807, 2.05) is 48.7 Å². The SMILES string of the molecule is Oc1cccc2c1-c1nc(-c3cnc(-c4cccc5oc6ccccc6c45)[nH]3)ccc1CC2. The van der Waals surface area contributed by atoms with Gasteiger partial charge in [0.2, 0.25) is 0 Å². The molecule has 33 heavy (non-hydrogen) atoms. The van der Waals surface area contributed by atoms with Crippen LogP contribution in [0.5, 0.6) is 5.75 Å². The zero-order valence-electron chi connectivity index (χ0n) is 17.7. The van der Waals surface area contributed by atoms with Gasteiger partial charge in [-0.05, 0) is 48.2 Å². The molecule has 0 unspecified atom stereocenters. The molecule has 0 radical (unpaired) electrons. The molecule has 5 heteroatoms. The lowest BCUT2D eigenvalue weighted by Gasteiger charge is -2.20. The highest BCUT2D eigenvalue weighted by molar-refractivity contribution is 6.11. The second kappa shape index (κ2) is 6.81. The van der Waals surface area contributed by atoms with Gasteiger partial charge < -0.3 is 14.5 Å². The fourth-order valence-electron chi connectivity index (χ4n) is 4.95. The predicted molar refractivity (Wildman–Crippen MR) is 129 cm³/mol. The normalized spacial score (nSPS) is 12.7. The molecule has 0 atom stereocenters. The Morgan fingerprint density at radius 1 is 0.818 bits per heavy atom. The number of aryl methyl sites for hydroxylation is 2. The Hall–Kier alpha value is -4.38. The number of hydrogen-bond donors (Lipinski definition) is 2. The largest absolute Gasteiger partial charge is 0.507 e. The number of fused-ring (bicyclic) bond motifs is 6. The highest BCUT2D eigenvalue weighted by Crippen LogP contribution is 2.40. The molecule has 7 rings (SSSR count). The molecule has 0 saturated heterocycles. The molecule has 0 saturated carbocycles. The number of hydrogen-bond acceptors (Lipinski definition) is 4. The number of nitrogens with one attached hydrogen (secondary N) is 1. The monoisotopic (exact) mass is 429 g/mol. The Labute approximate surface area is 189 Å². The van der Waals surface area contributed by atoms with Crippen molar-refractivity contribution < 1.29 is 9.52 Å². The van der Waals surface area contributed by atoms with Crippen molar-refractivity contribution in [3.05, 3.63) is 90.1 Å². The van der Waals surface area contributed by atoms with E-state index in [-0.39, 0.29) is 5.75 Å². The molecule has 1 aliphatic rings. The summed E-state index contributed by atoms with van der Waals surface area (Å²) in [5.41, 5.74) is 8.31. The molecule has 2 N–H and O–H groups in total. The quantitative estimate of drug-likeness (QED) is 0.329. The number of H-pyrrole nitrogens is 1. The van der Waals surface area contributed by atoms with Gasteiger partial charge in [0.05, 0.1) is 23.3 Å². The Morgan fingerprint density at radius 2 is 1.67 bits per heavy atom. The Kier molecular flexibility index (Phi) is 3.76. The predicted octanol–water partition coefficient (Wildman–Crippen LogP) is 6.51. The number of aromatic hydroxyl groups is 1. The summed E-state index contributed by atoms with van der Waals surface area (Å²) in [5, 5.41) is 12.6. The van der Waals surface area contributed by atoms with Gasteiger partial charge in [-0.25, -0.2) is 9.97 Å². The van der Waals surface area contributed by atoms with Crippen LogP contribution < -0.4 is 0 Å². The molecule has 5 nitrogen and oxygen atoms in total. The van der Waals surface area contributed by atoms with Gasteiger partial charge in [-0.2, -0.15) is 0 Å². The van der Waals surface area contributed by atoms with E-state index in [1.54, 1.807) is 6.07 Å². The first kappa shape index (κ1) is 18.2. The molecule has 0 spiro atoms. The van der Waals surface area contributed by atoms with Crippen LogP contribution in [0.15, 0.2) is 83.4 Å². The summed E-state index contributed by atoms with van der Waals surface area (Å²) in [6, 6.07) is 23.9. The van der Waals surface area contributed by atoms with E-state index in [0.29, 0.717) is 0 Å². The molecule has 1 aliphatic carbocycles. The van der Waals surface area contributed by atoms with Gasteiger partial charge >= 0.3 is 0 Å². The smallest absolute Gasteiger partial charge is 0.138 e. The molecule has 3 heterocycles. The minimum absolute atomic E-state index is 0.280.